The SMILES string of the molecule is O=C(CCc1nc(C2CCCC2)no1)N[C@H](C(=O)O)c1ccccc1. The van der Waals surface area contributed by atoms with Crippen LogP contribution in [0.25, 0.3) is 0 Å². The molecule has 0 spiro atoms. The molecule has 132 valence electrons. The van der Waals surface area contributed by atoms with Gasteiger partial charge in [-0.25, -0.2) is 4.79 Å². The fourth-order valence-corrected chi connectivity index (χ4v) is 3.11. The molecule has 1 heterocycles. The molecule has 1 amide bonds. The Labute approximate surface area is 145 Å². The largest absolute Gasteiger partial charge is 0.479 e. The van der Waals surface area contributed by atoms with Crippen LogP contribution in [0.2, 0.25) is 0 Å². The first kappa shape index (κ1) is 17.1. The zero-order chi connectivity index (χ0) is 17.6. The molecule has 0 unspecified atom stereocenters. The third-order valence-corrected chi connectivity index (χ3v) is 4.46. The molecule has 25 heavy (non-hydrogen) atoms. The van der Waals surface area contributed by atoms with E-state index < -0.39 is 12.0 Å². The van der Waals surface area contributed by atoms with Gasteiger partial charge in [0.2, 0.25) is 11.8 Å². The average molecular weight is 343 g/mol. The number of carbonyl (C=O) groups excluding carboxylic acids is 1. The zero-order valence-electron chi connectivity index (χ0n) is 13.9. The maximum atomic E-state index is 12.1. The third kappa shape index (κ3) is 4.43. The smallest absolute Gasteiger partial charge is 0.330 e. The van der Waals surface area contributed by atoms with E-state index in [0.29, 0.717) is 23.8 Å². The quantitative estimate of drug-likeness (QED) is 0.800. The summed E-state index contributed by atoms with van der Waals surface area (Å²) in [5, 5.41) is 15.9. The first-order valence-electron chi connectivity index (χ1n) is 8.53. The lowest BCUT2D eigenvalue weighted by atomic mass is 10.1. The summed E-state index contributed by atoms with van der Waals surface area (Å²) in [6, 6.07) is 7.55. The minimum atomic E-state index is -1.10. The topological polar surface area (TPSA) is 105 Å². The Hall–Kier alpha value is -2.70. The van der Waals surface area contributed by atoms with Gasteiger partial charge in [-0.1, -0.05) is 48.3 Å². The van der Waals surface area contributed by atoms with Crippen molar-refractivity contribution in [2.45, 2.75) is 50.5 Å². The highest BCUT2D eigenvalue weighted by Crippen LogP contribution is 2.32. The summed E-state index contributed by atoms with van der Waals surface area (Å²) in [4.78, 5) is 27.9. The molecule has 2 N–H and O–H groups in total. The van der Waals surface area contributed by atoms with Crippen molar-refractivity contribution in [1.29, 1.82) is 0 Å². The number of aryl methyl sites for hydroxylation is 1. The second-order valence-electron chi connectivity index (χ2n) is 6.28. The van der Waals surface area contributed by atoms with Gasteiger partial charge in [0, 0.05) is 18.8 Å². The van der Waals surface area contributed by atoms with Crippen molar-refractivity contribution in [3.63, 3.8) is 0 Å². The summed E-state index contributed by atoms with van der Waals surface area (Å²) in [6.07, 6.45) is 4.93. The lowest BCUT2D eigenvalue weighted by molar-refractivity contribution is -0.142. The number of nitrogens with one attached hydrogen (secondary N) is 1. The Bertz CT molecular complexity index is 723. The predicted molar refractivity (Wildman–Crippen MR) is 88.8 cm³/mol. The standard InChI is InChI=1S/C18H21N3O4/c22-14(19-16(18(23)24)12-6-2-1-3-7-12)10-11-15-20-17(21-25-15)13-8-4-5-9-13/h1-3,6-7,13,16H,4-5,8-11H2,(H,19,22)(H,23,24)/t16-/m0/s1. The van der Waals surface area contributed by atoms with Crippen LogP contribution in [0.5, 0.6) is 0 Å². The van der Waals surface area contributed by atoms with Crippen molar-refractivity contribution in [3.05, 3.63) is 47.6 Å². The number of hydrogen-bond donors (Lipinski definition) is 2. The number of amides is 1. The molecular weight excluding hydrogens is 322 g/mol. The van der Waals surface area contributed by atoms with Crippen LogP contribution in [-0.4, -0.2) is 27.1 Å². The minimum absolute atomic E-state index is 0.100. The van der Waals surface area contributed by atoms with Crippen molar-refractivity contribution in [2.75, 3.05) is 0 Å². The number of aromatic nitrogens is 2. The molecule has 1 atom stereocenters. The van der Waals surface area contributed by atoms with Crippen LogP contribution in [0.15, 0.2) is 34.9 Å². The second-order valence-corrected chi connectivity index (χ2v) is 6.28. The highest BCUT2D eigenvalue weighted by atomic mass is 16.5. The molecule has 0 saturated heterocycles. The molecule has 1 saturated carbocycles. The highest BCUT2D eigenvalue weighted by molar-refractivity contribution is 5.84. The predicted octanol–water partition coefficient (Wildman–Crippen LogP) is 2.60. The average Bonchev–Trinajstić information content (AvgIpc) is 3.29. The van der Waals surface area contributed by atoms with Gasteiger partial charge in [0.1, 0.15) is 0 Å². The van der Waals surface area contributed by atoms with Gasteiger partial charge in [0.15, 0.2) is 11.9 Å². The van der Waals surface area contributed by atoms with Crippen molar-refractivity contribution < 1.29 is 19.2 Å². The molecule has 7 nitrogen and oxygen atoms in total. The maximum absolute atomic E-state index is 12.1. The number of benzene rings is 1. The Morgan fingerprint density at radius 1 is 1.24 bits per heavy atom. The van der Waals surface area contributed by atoms with Crippen molar-refractivity contribution in [2.24, 2.45) is 0 Å². The summed E-state index contributed by atoms with van der Waals surface area (Å²) in [5.41, 5.74) is 0.532. The monoisotopic (exact) mass is 343 g/mol. The first-order valence-corrected chi connectivity index (χ1v) is 8.53. The van der Waals surface area contributed by atoms with Gasteiger partial charge in [0.25, 0.3) is 0 Å². The van der Waals surface area contributed by atoms with Crippen LogP contribution in [0.4, 0.5) is 0 Å². The summed E-state index contributed by atoms with van der Waals surface area (Å²) in [5.74, 6) is 0.0442. The van der Waals surface area contributed by atoms with Crippen molar-refractivity contribution in [1.82, 2.24) is 15.5 Å². The van der Waals surface area contributed by atoms with Crippen LogP contribution in [0, 0.1) is 0 Å². The first-order chi connectivity index (χ1) is 12.1. The van der Waals surface area contributed by atoms with Crippen LogP contribution in [-0.2, 0) is 16.0 Å². The van der Waals surface area contributed by atoms with Crippen LogP contribution in [0.3, 0.4) is 0 Å². The molecule has 0 bridgehead atoms. The number of hydrogen-bond acceptors (Lipinski definition) is 5. The van der Waals surface area contributed by atoms with Gasteiger partial charge in [-0.3, -0.25) is 4.79 Å². The molecular formula is C18H21N3O4. The highest BCUT2D eigenvalue weighted by Gasteiger charge is 2.24. The van der Waals surface area contributed by atoms with Gasteiger partial charge in [-0.2, -0.15) is 4.98 Å². The molecule has 0 radical (unpaired) electrons. The molecule has 1 aromatic carbocycles. The van der Waals surface area contributed by atoms with Crippen molar-refractivity contribution in [3.8, 4) is 0 Å². The fraction of sp³-hybridized carbons (Fsp3) is 0.444. The van der Waals surface area contributed by atoms with Gasteiger partial charge in [0.05, 0.1) is 0 Å². The summed E-state index contributed by atoms with van der Waals surface area (Å²) in [6.45, 7) is 0. The third-order valence-electron chi connectivity index (χ3n) is 4.46. The number of aliphatic carboxylic acids is 1. The molecule has 1 aliphatic rings. The Kier molecular flexibility index (Phi) is 5.42. The van der Waals surface area contributed by atoms with E-state index in [1.165, 1.54) is 12.8 Å². The molecule has 1 aromatic heterocycles. The normalized spacial score (nSPS) is 15.8. The number of carboxylic acid groups (broad SMARTS) is 1. The number of nitrogens with zero attached hydrogens (tertiary/aromatic N) is 2. The van der Waals surface area contributed by atoms with E-state index in [2.05, 4.69) is 15.5 Å². The summed E-state index contributed by atoms with van der Waals surface area (Å²) < 4.78 is 5.21. The molecule has 3 rings (SSSR count). The minimum Gasteiger partial charge on any atom is -0.479 e. The number of rotatable bonds is 7. The van der Waals surface area contributed by atoms with Gasteiger partial charge in [-0.15, -0.1) is 0 Å². The number of carbonyl (C=O) groups is 2. The van der Waals surface area contributed by atoms with E-state index in [1.54, 1.807) is 30.3 Å². The van der Waals surface area contributed by atoms with Gasteiger partial charge < -0.3 is 14.9 Å². The molecule has 1 fully saturated rings. The number of carboxylic acids is 1. The molecule has 7 heteroatoms. The van der Waals surface area contributed by atoms with E-state index in [9.17, 15) is 14.7 Å². The summed E-state index contributed by atoms with van der Waals surface area (Å²) >= 11 is 0. The fourth-order valence-electron chi connectivity index (χ4n) is 3.11. The molecule has 0 aliphatic heterocycles. The van der Waals surface area contributed by atoms with E-state index >= 15 is 0 Å². The van der Waals surface area contributed by atoms with E-state index in [4.69, 9.17) is 4.52 Å². The lowest BCUT2D eigenvalue weighted by Gasteiger charge is -2.14. The van der Waals surface area contributed by atoms with E-state index in [1.807, 2.05) is 0 Å². The van der Waals surface area contributed by atoms with Gasteiger partial charge in [-0.05, 0) is 18.4 Å². The van der Waals surface area contributed by atoms with Crippen molar-refractivity contribution >= 4 is 11.9 Å². The van der Waals surface area contributed by atoms with E-state index in [0.717, 1.165) is 18.7 Å². The Balaban J connectivity index is 1.54. The lowest BCUT2D eigenvalue weighted by Crippen LogP contribution is -2.33. The Morgan fingerprint density at radius 2 is 1.96 bits per heavy atom. The molecule has 1 aliphatic carbocycles. The van der Waals surface area contributed by atoms with E-state index in [-0.39, 0.29) is 12.3 Å². The maximum Gasteiger partial charge on any atom is 0.330 e. The van der Waals surface area contributed by atoms with Crippen LogP contribution >= 0.6 is 0 Å². The van der Waals surface area contributed by atoms with Gasteiger partial charge >= 0.3 is 5.97 Å². The molecule has 2 aromatic rings. The van der Waals surface area contributed by atoms with Crippen LogP contribution in [0.1, 0.15) is 61.3 Å². The zero-order valence-corrected chi connectivity index (χ0v) is 13.9. The Morgan fingerprint density at radius 3 is 2.64 bits per heavy atom. The second kappa shape index (κ2) is 7.92. The summed E-state index contributed by atoms with van der Waals surface area (Å²) in [7, 11) is 0. The van der Waals surface area contributed by atoms with Crippen LogP contribution < -0.4 is 5.32 Å².